The number of amides is 1. The molecule has 1 amide bonds. The first-order valence-electron chi connectivity index (χ1n) is 11.7. The summed E-state index contributed by atoms with van der Waals surface area (Å²) in [6.07, 6.45) is -4.93. The first kappa shape index (κ1) is 27.7. The molecule has 2 heterocycles. The van der Waals surface area contributed by atoms with Crippen LogP contribution in [0.4, 0.5) is 34.0 Å². The summed E-state index contributed by atoms with van der Waals surface area (Å²) in [5.74, 6) is -0.762. The number of benzene rings is 3. The van der Waals surface area contributed by atoms with Gasteiger partial charge in [-0.1, -0.05) is 6.07 Å². The largest absolute Gasteiger partial charge is 0.486 e. The molecule has 11 nitrogen and oxygen atoms in total. The normalized spacial score (nSPS) is 13.2. The minimum absolute atomic E-state index is 0.0364. The fraction of sp³-hybridized carbons (Fsp3) is 0.160. The second kappa shape index (κ2) is 10.3. The molecule has 1 aliphatic rings. The van der Waals surface area contributed by atoms with Crippen LogP contribution in [0.15, 0.2) is 64.3 Å². The lowest BCUT2D eigenvalue weighted by molar-refractivity contribution is -0.137. The second-order valence-corrected chi connectivity index (χ2v) is 10.4. The third-order valence-corrected chi connectivity index (χ3v) is 7.29. The van der Waals surface area contributed by atoms with Crippen LogP contribution in [0.5, 0.6) is 11.5 Å². The molecule has 0 unspecified atom stereocenters. The highest BCUT2D eigenvalue weighted by atomic mass is 32.2. The van der Waals surface area contributed by atoms with E-state index in [9.17, 15) is 35.6 Å². The number of nitrogen functional groups attached to an aromatic ring is 1. The van der Waals surface area contributed by atoms with Crippen molar-refractivity contribution in [2.24, 2.45) is 0 Å². The van der Waals surface area contributed by atoms with Crippen molar-refractivity contribution in [1.82, 2.24) is 14.9 Å². The van der Waals surface area contributed by atoms with Crippen molar-refractivity contribution >= 4 is 38.6 Å². The molecular formula is C25H19F4N5O6S. The van der Waals surface area contributed by atoms with Crippen LogP contribution in [0, 0.1) is 5.82 Å². The first-order chi connectivity index (χ1) is 19.3. The number of hydrogen-bond donors (Lipinski definition) is 3. The summed E-state index contributed by atoms with van der Waals surface area (Å²) in [5.41, 5.74) is 3.30. The average molecular weight is 594 g/mol. The van der Waals surface area contributed by atoms with Gasteiger partial charge in [-0.25, -0.2) is 22.6 Å². The van der Waals surface area contributed by atoms with E-state index >= 15 is 0 Å². The Labute approximate surface area is 228 Å². The Morgan fingerprint density at radius 1 is 1.02 bits per heavy atom. The SMILES string of the molecule is Nc1nc2ccc(S(=O)(=O)Nc3cc(F)cc(C(F)(F)F)c3)cc2c(=O)n1C(=O)NCc1ccc2c(c1)OCCO2. The quantitative estimate of drug-likeness (QED) is 0.297. The predicted molar refractivity (Wildman–Crippen MR) is 138 cm³/mol. The van der Waals surface area contributed by atoms with E-state index in [-0.39, 0.29) is 23.5 Å². The van der Waals surface area contributed by atoms with Crippen molar-refractivity contribution in [3.63, 3.8) is 0 Å². The van der Waals surface area contributed by atoms with Crippen LogP contribution in [0.3, 0.4) is 0 Å². The number of sulfonamides is 1. The number of anilines is 2. The van der Waals surface area contributed by atoms with Crippen molar-refractivity contribution in [2.45, 2.75) is 17.6 Å². The van der Waals surface area contributed by atoms with Crippen molar-refractivity contribution in [1.29, 1.82) is 0 Å². The van der Waals surface area contributed by atoms with Crippen molar-refractivity contribution in [3.8, 4) is 11.5 Å². The minimum atomic E-state index is -4.93. The summed E-state index contributed by atoms with van der Waals surface area (Å²) in [5, 5.41) is 2.19. The number of aromatic nitrogens is 2. The number of nitrogens with zero attached hydrogens (tertiary/aromatic N) is 2. The maximum absolute atomic E-state index is 13.8. The van der Waals surface area contributed by atoms with Crippen LogP contribution in [0.25, 0.3) is 10.9 Å². The highest BCUT2D eigenvalue weighted by Gasteiger charge is 2.32. The van der Waals surface area contributed by atoms with Gasteiger partial charge in [0.2, 0.25) is 5.95 Å². The summed E-state index contributed by atoms with van der Waals surface area (Å²) >= 11 is 0. The number of carbonyl (C=O) groups excluding carboxylic acids is 1. The molecule has 0 spiro atoms. The topological polar surface area (TPSA) is 155 Å². The van der Waals surface area contributed by atoms with Crippen LogP contribution >= 0.6 is 0 Å². The number of rotatable bonds is 5. The van der Waals surface area contributed by atoms with Crippen molar-refractivity contribution in [3.05, 3.63) is 81.9 Å². The van der Waals surface area contributed by atoms with Crippen LogP contribution in [0.2, 0.25) is 0 Å². The zero-order valence-electron chi connectivity index (χ0n) is 20.7. The lowest BCUT2D eigenvalue weighted by atomic mass is 10.2. The molecule has 0 atom stereocenters. The molecule has 5 rings (SSSR count). The van der Waals surface area contributed by atoms with E-state index in [2.05, 4.69) is 10.3 Å². The van der Waals surface area contributed by atoms with Gasteiger partial charge in [-0.2, -0.15) is 17.7 Å². The zero-order chi connectivity index (χ0) is 29.5. The Bertz CT molecular complexity index is 1860. The first-order valence-corrected chi connectivity index (χ1v) is 13.2. The van der Waals surface area contributed by atoms with E-state index in [1.807, 2.05) is 4.72 Å². The number of ether oxygens (including phenoxy) is 2. The average Bonchev–Trinajstić information content (AvgIpc) is 2.90. The van der Waals surface area contributed by atoms with E-state index in [4.69, 9.17) is 15.2 Å². The van der Waals surface area contributed by atoms with Gasteiger partial charge in [-0.05, 0) is 54.1 Å². The molecule has 4 N–H and O–H groups in total. The molecule has 0 saturated carbocycles. The van der Waals surface area contributed by atoms with Gasteiger partial charge in [0, 0.05) is 6.54 Å². The van der Waals surface area contributed by atoms with E-state index in [0.717, 1.165) is 18.2 Å². The molecule has 1 aliphatic heterocycles. The summed E-state index contributed by atoms with van der Waals surface area (Å²) < 4.78 is 92.0. The zero-order valence-corrected chi connectivity index (χ0v) is 21.5. The molecule has 1 aromatic heterocycles. The van der Waals surface area contributed by atoms with Crippen LogP contribution in [0.1, 0.15) is 11.1 Å². The minimum Gasteiger partial charge on any atom is -0.486 e. The Morgan fingerprint density at radius 2 is 1.76 bits per heavy atom. The molecule has 0 saturated heterocycles. The van der Waals surface area contributed by atoms with Gasteiger partial charge in [0.25, 0.3) is 15.6 Å². The van der Waals surface area contributed by atoms with Gasteiger partial charge in [0.15, 0.2) is 11.5 Å². The third-order valence-electron chi connectivity index (χ3n) is 5.91. The molecule has 0 bridgehead atoms. The molecule has 41 heavy (non-hydrogen) atoms. The van der Waals surface area contributed by atoms with Gasteiger partial charge >= 0.3 is 12.2 Å². The van der Waals surface area contributed by atoms with Gasteiger partial charge < -0.3 is 20.5 Å². The monoisotopic (exact) mass is 593 g/mol. The number of nitrogens with two attached hydrogens (primary N) is 1. The molecule has 0 aliphatic carbocycles. The Hall–Kier alpha value is -4.86. The molecule has 4 aromatic rings. The van der Waals surface area contributed by atoms with Crippen molar-refractivity contribution < 1.29 is 40.2 Å². The Morgan fingerprint density at radius 3 is 2.49 bits per heavy atom. The number of hydrogen-bond acceptors (Lipinski definition) is 8. The lowest BCUT2D eigenvalue weighted by Crippen LogP contribution is -2.38. The van der Waals surface area contributed by atoms with Gasteiger partial charge in [0.1, 0.15) is 19.0 Å². The van der Waals surface area contributed by atoms with E-state index in [1.165, 1.54) is 0 Å². The fourth-order valence-electron chi connectivity index (χ4n) is 4.03. The predicted octanol–water partition coefficient (Wildman–Crippen LogP) is 3.47. The standard InChI is InChI=1S/C25H19F4N5O6S/c26-15-8-14(25(27,28)29)9-16(10-15)33-41(37,38)17-2-3-19-18(11-17)22(35)34(23(30)32-19)24(36)31-12-13-1-4-20-21(7-13)40-6-5-39-20/h1-4,7-11,33H,5-6,12H2,(H2,30,32)(H,31,36). The highest BCUT2D eigenvalue weighted by molar-refractivity contribution is 7.92. The highest BCUT2D eigenvalue weighted by Crippen LogP contribution is 2.33. The molecule has 0 radical (unpaired) electrons. The summed E-state index contributed by atoms with van der Waals surface area (Å²) in [7, 11) is -4.61. The fourth-order valence-corrected chi connectivity index (χ4v) is 5.09. The summed E-state index contributed by atoms with van der Waals surface area (Å²) in [4.78, 5) is 29.5. The maximum atomic E-state index is 13.8. The van der Waals surface area contributed by atoms with E-state index in [1.54, 1.807) is 18.2 Å². The molecule has 214 valence electrons. The van der Waals surface area contributed by atoms with Gasteiger partial charge in [-0.15, -0.1) is 0 Å². The number of nitrogens with one attached hydrogen (secondary N) is 2. The number of alkyl halides is 3. The van der Waals surface area contributed by atoms with E-state index < -0.39 is 55.7 Å². The number of carbonyl (C=O) groups is 1. The van der Waals surface area contributed by atoms with Crippen LogP contribution < -0.4 is 30.8 Å². The van der Waals surface area contributed by atoms with Gasteiger partial charge in [-0.3, -0.25) is 9.52 Å². The third kappa shape index (κ3) is 5.72. The molecular weight excluding hydrogens is 574 g/mol. The lowest BCUT2D eigenvalue weighted by Gasteiger charge is -2.19. The smallest absolute Gasteiger partial charge is 0.416 e. The number of fused-ring (bicyclic) bond motifs is 2. The van der Waals surface area contributed by atoms with Crippen LogP contribution in [-0.2, 0) is 22.7 Å². The number of halogens is 4. The summed E-state index contributed by atoms with van der Waals surface area (Å²) in [6, 6.07) is 8.27. The van der Waals surface area contributed by atoms with Crippen LogP contribution in [-0.4, -0.2) is 37.2 Å². The van der Waals surface area contributed by atoms with E-state index in [0.29, 0.717) is 47.0 Å². The van der Waals surface area contributed by atoms with Crippen molar-refractivity contribution in [2.75, 3.05) is 23.7 Å². The molecule has 0 fully saturated rings. The maximum Gasteiger partial charge on any atom is 0.416 e. The summed E-state index contributed by atoms with van der Waals surface area (Å²) in [6.45, 7) is 0.732. The Kier molecular flexibility index (Phi) is 6.94. The Balaban J connectivity index is 1.42. The second-order valence-electron chi connectivity index (χ2n) is 8.76. The van der Waals surface area contributed by atoms with Gasteiger partial charge in [0.05, 0.1) is 27.0 Å². The molecule has 16 heteroatoms. The molecule has 3 aromatic carbocycles.